The van der Waals surface area contributed by atoms with Crippen LogP contribution in [0.3, 0.4) is 0 Å². The number of carbonyl (C=O) groups excluding carboxylic acids is 3. The van der Waals surface area contributed by atoms with E-state index in [1.807, 2.05) is 95.9 Å². The molecule has 2 saturated heterocycles. The molecule has 1 N–H and O–H groups in total. The van der Waals surface area contributed by atoms with E-state index in [0.29, 0.717) is 32.5 Å². The first kappa shape index (κ1) is 27.1. The number of nitrogens with zero attached hydrogens (tertiary/aromatic N) is 4. The lowest BCUT2D eigenvalue weighted by atomic mass is 9.98. The molecule has 0 aromatic heterocycles. The zero-order valence-corrected chi connectivity index (χ0v) is 22.6. The van der Waals surface area contributed by atoms with Crippen LogP contribution >= 0.6 is 0 Å². The Balaban J connectivity index is 1.45. The number of carbonyl (C=O) groups is 3. The number of urea groups is 1. The highest BCUT2D eigenvalue weighted by molar-refractivity contribution is 5.91. The van der Waals surface area contributed by atoms with Gasteiger partial charge in [-0.15, -0.1) is 6.58 Å². The van der Waals surface area contributed by atoms with Gasteiger partial charge in [0.1, 0.15) is 12.2 Å². The molecule has 0 aliphatic carbocycles. The predicted octanol–water partition coefficient (Wildman–Crippen LogP) is 3.47. The van der Waals surface area contributed by atoms with Crippen molar-refractivity contribution in [2.45, 2.75) is 31.6 Å². The summed E-state index contributed by atoms with van der Waals surface area (Å²) < 4.78 is 0. The zero-order valence-electron chi connectivity index (χ0n) is 22.6. The molecule has 8 heteroatoms. The Morgan fingerprint density at radius 3 is 2.10 bits per heavy atom. The first-order valence-corrected chi connectivity index (χ1v) is 13.7. The molecule has 0 unspecified atom stereocenters. The van der Waals surface area contributed by atoms with Gasteiger partial charge < -0.3 is 15.1 Å². The average molecular weight is 538 g/mol. The van der Waals surface area contributed by atoms with Crippen LogP contribution in [-0.4, -0.2) is 76.0 Å². The van der Waals surface area contributed by atoms with E-state index in [4.69, 9.17) is 0 Å². The van der Waals surface area contributed by atoms with Crippen LogP contribution in [0.4, 0.5) is 4.79 Å². The topological polar surface area (TPSA) is 76.2 Å². The third-order valence-electron chi connectivity index (χ3n) is 7.45. The van der Waals surface area contributed by atoms with Gasteiger partial charge in [-0.25, -0.2) is 14.8 Å². The lowest BCUT2D eigenvalue weighted by Crippen LogP contribution is -2.76. The van der Waals surface area contributed by atoms with E-state index < -0.39 is 12.2 Å². The molecular formula is C32H35N5O3. The van der Waals surface area contributed by atoms with E-state index in [0.717, 1.165) is 16.7 Å². The number of hydrogen-bond donors (Lipinski definition) is 1. The summed E-state index contributed by atoms with van der Waals surface area (Å²) in [5.74, 6) is -0.262. The van der Waals surface area contributed by atoms with Crippen LogP contribution in [-0.2, 0) is 29.0 Å². The van der Waals surface area contributed by atoms with Crippen LogP contribution in [0.1, 0.15) is 16.7 Å². The van der Waals surface area contributed by atoms with Crippen LogP contribution in [0.25, 0.3) is 0 Å². The maximum absolute atomic E-state index is 13.9. The van der Waals surface area contributed by atoms with Gasteiger partial charge in [0.15, 0.2) is 0 Å². The molecule has 0 radical (unpaired) electrons. The molecule has 206 valence electrons. The third-order valence-corrected chi connectivity index (χ3v) is 7.45. The molecule has 2 aliphatic rings. The Kier molecular flexibility index (Phi) is 8.56. The summed E-state index contributed by atoms with van der Waals surface area (Å²) in [6, 6.07) is 28.4. The molecule has 3 aromatic rings. The second kappa shape index (κ2) is 12.6. The molecule has 0 saturated carbocycles. The summed E-state index contributed by atoms with van der Waals surface area (Å²) >= 11 is 0. The average Bonchev–Trinajstić information content (AvgIpc) is 2.98. The predicted molar refractivity (Wildman–Crippen MR) is 154 cm³/mol. The van der Waals surface area contributed by atoms with Gasteiger partial charge in [0.2, 0.25) is 11.8 Å². The van der Waals surface area contributed by atoms with E-state index in [-0.39, 0.29) is 30.9 Å². The van der Waals surface area contributed by atoms with Crippen molar-refractivity contribution in [2.24, 2.45) is 0 Å². The van der Waals surface area contributed by atoms with Gasteiger partial charge in [-0.05, 0) is 23.1 Å². The smallest absolute Gasteiger partial charge is 0.334 e. The van der Waals surface area contributed by atoms with E-state index in [2.05, 4.69) is 11.9 Å². The lowest BCUT2D eigenvalue weighted by Gasteiger charge is -2.55. The van der Waals surface area contributed by atoms with Crippen molar-refractivity contribution in [1.82, 2.24) is 25.1 Å². The van der Waals surface area contributed by atoms with Gasteiger partial charge in [-0.1, -0.05) is 97.1 Å². The van der Waals surface area contributed by atoms with Crippen LogP contribution in [0.2, 0.25) is 0 Å². The van der Waals surface area contributed by atoms with Gasteiger partial charge >= 0.3 is 6.03 Å². The Hall–Kier alpha value is -4.43. The van der Waals surface area contributed by atoms with Crippen molar-refractivity contribution in [1.29, 1.82) is 0 Å². The Morgan fingerprint density at radius 1 is 0.875 bits per heavy atom. The zero-order chi connectivity index (χ0) is 27.9. The van der Waals surface area contributed by atoms with E-state index in [1.165, 1.54) is 0 Å². The molecule has 4 amide bonds. The summed E-state index contributed by atoms with van der Waals surface area (Å²) in [7, 11) is 0. The van der Waals surface area contributed by atoms with E-state index >= 15 is 0 Å². The second-order valence-electron chi connectivity index (χ2n) is 10.1. The molecule has 2 fully saturated rings. The van der Waals surface area contributed by atoms with Gasteiger partial charge in [0.25, 0.3) is 0 Å². The Morgan fingerprint density at radius 2 is 1.48 bits per heavy atom. The minimum Gasteiger partial charge on any atom is -0.337 e. The van der Waals surface area contributed by atoms with Crippen LogP contribution in [0.5, 0.6) is 0 Å². The molecule has 0 spiro atoms. The number of hydrogen-bond acceptors (Lipinski definition) is 4. The highest BCUT2D eigenvalue weighted by atomic mass is 16.2. The van der Waals surface area contributed by atoms with E-state index in [1.54, 1.807) is 21.0 Å². The summed E-state index contributed by atoms with van der Waals surface area (Å²) in [5.41, 5.74) is 3.06. The van der Waals surface area contributed by atoms with Gasteiger partial charge in [-0.3, -0.25) is 9.59 Å². The van der Waals surface area contributed by atoms with Crippen molar-refractivity contribution in [3.05, 3.63) is 120 Å². The van der Waals surface area contributed by atoms with Crippen LogP contribution in [0.15, 0.2) is 104 Å². The van der Waals surface area contributed by atoms with Gasteiger partial charge in [0, 0.05) is 26.1 Å². The lowest BCUT2D eigenvalue weighted by molar-refractivity contribution is -0.188. The molecule has 2 heterocycles. The van der Waals surface area contributed by atoms with Crippen molar-refractivity contribution >= 4 is 17.8 Å². The third kappa shape index (κ3) is 6.07. The quantitative estimate of drug-likeness (QED) is 0.424. The summed E-state index contributed by atoms with van der Waals surface area (Å²) in [6.07, 6.45) is 2.11. The molecule has 2 aliphatic heterocycles. The molecule has 40 heavy (non-hydrogen) atoms. The molecular weight excluding hydrogens is 502 g/mol. The SMILES string of the molecule is C=CCN1CC(=O)N2[C@@H](Cc3ccccc3)C(=O)N(CCc3ccccc3)C[C@@H]2N1C(=O)NCc1ccccc1. The monoisotopic (exact) mass is 537 g/mol. The summed E-state index contributed by atoms with van der Waals surface area (Å²) in [4.78, 5) is 44.7. The van der Waals surface area contributed by atoms with Crippen LogP contribution < -0.4 is 5.32 Å². The van der Waals surface area contributed by atoms with E-state index in [9.17, 15) is 14.4 Å². The Labute approximate surface area is 235 Å². The minimum absolute atomic E-state index is 0.0101. The highest BCUT2D eigenvalue weighted by Gasteiger charge is 2.51. The number of fused-ring (bicyclic) bond motifs is 1. The number of amides is 4. The molecule has 3 aromatic carbocycles. The number of benzene rings is 3. The van der Waals surface area contributed by atoms with Crippen molar-refractivity contribution in [3.8, 4) is 0 Å². The van der Waals surface area contributed by atoms with Gasteiger partial charge in [-0.2, -0.15) is 0 Å². The number of nitrogens with one attached hydrogen (secondary N) is 1. The maximum atomic E-state index is 13.9. The first-order valence-electron chi connectivity index (χ1n) is 13.7. The van der Waals surface area contributed by atoms with Crippen LogP contribution in [0, 0.1) is 0 Å². The van der Waals surface area contributed by atoms with Crippen molar-refractivity contribution in [3.63, 3.8) is 0 Å². The van der Waals surface area contributed by atoms with Crippen molar-refractivity contribution in [2.75, 3.05) is 26.2 Å². The molecule has 5 rings (SSSR count). The largest absolute Gasteiger partial charge is 0.337 e. The summed E-state index contributed by atoms with van der Waals surface area (Å²) in [6.45, 7) is 5.24. The maximum Gasteiger partial charge on any atom is 0.334 e. The Bertz CT molecular complexity index is 1320. The van der Waals surface area contributed by atoms with Crippen molar-refractivity contribution < 1.29 is 14.4 Å². The summed E-state index contributed by atoms with van der Waals surface area (Å²) in [5, 5.41) is 6.36. The number of piperazine rings is 1. The normalized spacial score (nSPS) is 19.4. The first-order chi connectivity index (χ1) is 19.5. The molecule has 2 atom stereocenters. The fraction of sp³-hybridized carbons (Fsp3) is 0.281. The standard InChI is InChI=1S/C32H35N5O3/c1-2-19-35-24-30(38)36-28(21-26-14-8-4-9-15-26)31(39)34(20-18-25-12-6-3-7-13-25)23-29(36)37(35)32(40)33-22-27-16-10-5-11-17-27/h2-17,28-29H,1,18-24H2,(H,33,40)/t28-,29-/m0/s1. The fourth-order valence-corrected chi connectivity index (χ4v) is 5.50. The fourth-order valence-electron chi connectivity index (χ4n) is 5.50. The van der Waals surface area contributed by atoms with Gasteiger partial charge in [0.05, 0.1) is 13.1 Å². The molecule has 8 nitrogen and oxygen atoms in total. The minimum atomic E-state index is -0.709. The number of rotatable bonds is 9. The molecule has 0 bridgehead atoms. The highest BCUT2D eigenvalue weighted by Crippen LogP contribution is 2.28. The number of hydrazine groups is 1. The second-order valence-corrected chi connectivity index (χ2v) is 10.1.